The third kappa shape index (κ3) is 4.59. The molecule has 7 nitrogen and oxygen atoms in total. The van der Waals surface area contributed by atoms with E-state index in [1.807, 2.05) is 18.7 Å². The van der Waals surface area contributed by atoms with Crippen LogP contribution >= 0.6 is 0 Å². The van der Waals surface area contributed by atoms with Gasteiger partial charge in [0.05, 0.1) is 25.3 Å². The van der Waals surface area contributed by atoms with Crippen molar-refractivity contribution in [1.82, 2.24) is 20.0 Å². The van der Waals surface area contributed by atoms with E-state index >= 15 is 0 Å². The van der Waals surface area contributed by atoms with Crippen molar-refractivity contribution in [2.24, 2.45) is 11.8 Å². The second-order valence-electron chi connectivity index (χ2n) is 7.45. The van der Waals surface area contributed by atoms with Crippen molar-refractivity contribution in [2.45, 2.75) is 26.7 Å². The summed E-state index contributed by atoms with van der Waals surface area (Å²) in [5, 5.41) is 16.8. The molecule has 0 unspecified atom stereocenters. The number of aliphatic hydroxyl groups excluding tert-OH is 1. The van der Waals surface area contributed by atoms with Crippen LogP contribution in [0, 0.1) is 25.7 Å². The number of morpholine rings is 1. The molecule has 25 heavy (non-hydrogen) atoms. The van der Waals surface area contributed by atoms with Crippen molar-refractivity contribution in [3.8, 4) is 0 Å². The molecule has 2 saturated heterocycles. The summed E-state index contributed by atoms with van der Waals surface area (Å²) in [7, 11) is 0. The Kier molecular flexibility index (Phi) is 6.09. The van der Waals surface area contributed by atoms with E-state index in [0.29, 0.717) is 18.9 Å². The van der Waals surface area contributed by atoms with E-state index in [1.165, 1.54) is 0 Å². The molecule has 0 saturated carbocycles. The molecule has 0 aromatic carbocycles. The van der Waals surface area contributed by atoms with E-state index in [9.17, 15) is 9.90 Å². The van der Waals surface area contributed by atoms with E-state index < -0.39 is 0 Å². The number of aromatic nitrogens is 2. The molecular formula is C18H30N4O3. The summed E-state index contributed by atoms with van der Waals surface area (Å²) >= 11 is 0. The van der Waals surface area contributed by atoms with Gasteiger partial charge in [-0.3, -0.25) is 14.8 Å². The first-order valence-corrected chi connectivity index (χ1v) is 9.26. The van der Waals surface area contributed by atoms with Crippen LogP contribution in [-0.2, 0) is 16.0 Å². The van der Waals surface area contributed by atoms with Crippen LogP contribution in [0.2, 0.25) is 0 Å². The van der Waals surface area contributed by atoms with Crippen LogP contribution in [0.3, 0.4) is 0 Å². The van der Waals surface area contributed by atoms with Crippen LogP contribution in [0.25, 0.3) is 0 Å². The van der Waals surface area contributed by atoms with Gasteiger partial charge in [-0.2, -0.15) is 5.10 Å². The van der Waals surface area contributed by atoms with Crippen molar-refractivity contribution in [3.63, 3.8) is 0 Å². The van der Waals surface area contributed by atoms with Gasteiger partial charge in [0.2, 0.25) is 5.91 Å². The van der Waals surface area contributed by atoms with Crippen LogP contribution in [0.4, 0.5) is 0 Å². The molecule has 140 valence electrons. The number of carbonyl (C=O) groups excluding carboxylic acids is 1. The first kappa shape index (κ1) is 18.4. The van der Waals surface area contributed by atoms with Gasteiger partial charge in [-0.25, -0.2) is 0 Å². The molecule has 3 rings (SSSR count). The number of nitrogens with zero attached hydrogens (tertiary/aromatic N) is 3. The fraction of sp³-hybridized carbons (Fsp3) is 0.778. The fourth-order valence-electron chi connectivity index (χ4n) is 4.03. The first-order valence-electron chi connectivity index (χ1n) is 9.26. The van der Waals surface area contributed by atoms with E-state index in [1.54, 1.807) is 0 Å². The van der Waals surface area contributed by atoms with Gasteiger partial charge in [0.1, 0.15) is 0 Å². The Balaban J connectivity index is 1.62. The Morgan fingerprint density at radius 3 is 2.64 bits per heavy atom. The van der Waals surface area contributed by atoms with Crippen LogP contribution in [-0.4, -0.2) is 83.6 Å². The van der Waals surface area contributed by atoms with Crippen molar-refractivity contribution in [1.29, 1.82) is 0 Å². The van der Waals surface area contributed by atoms with Crippen LogP contribution in [0.1, 0.15) is 23.4 Å². The van der Waals surface area contributed by atoms with Gasteiger partial charge in [0.25, 0.3) is 0 Å². The van der Waals surface area contributed by atoms with Gasteiger partial charge in [0, 0.05) is 50.6 Å². The zero-order valence-corrected chi connectivity index (χ0v) is 15.3. The summed E-state index contributed by atoms with van der Waals surface area (Å²) in [4.78, 5) is 17.2. The zero-order valence-electron chi connectivity index (χ0n) is 15.3. The average molecular weight is 350 g/mol. The molecule has 0 aliphatic carbocycles. The Bertz CT molecular complexity index is 563. The lowest BCUT2D eigenvalue weighted by molar-refractivity contribution is -0.134. The minimum absolute atomic E-state index is 0.137. The van der Waals surface area contributed by atoms with E-state index in [0.717, 1.165) is 62.8 Å². The number of piperidine rings is 1. The molecule has 1 amide bonds. The molecule has 2 N–H and O–H groups in total. The number of aryl methyl sites for hydroxylation is 2. The quantitative estimate of drug-likeness (QED) is 0.801. The van der Waals surface area contributed by atoms with Gasteiger partial charge in [-0.1, -0.05) is 0 Å². The van der Waals surface area contributed by atoms with E-state index in [4.69, 9.17) is 4.74 Å². The molecule has 2 aliphatic rings. The maximum absolute atomic E-state index is 12.8. The lowest BCUT2D eigenvalue weighted by Crippen LogP contribution is -2.49. The Morgan fingerprint density at radius 1 is 1.28 bits per heavy atom. The maximum Gasteiger partial charge on any atom is 0.227 e. The third-order valence-corrected chi connectivity index (χ3v) is 5.46. The Hall–Kier alpha value is -1.44. The molecule has 1 aromatic rings. The standard InChI is InChI=1S/C18H30N4O3/c1-13-17(14(2)20-19-13)8-18(24)22-10-15(7-16(11-22)12-23)9-21-3-5-25-6-4-21/h15-16,23H,3-12H2,1-2H3,(H,19,20)/t15-,16-/m1/s1. The number of aromatic amines is 1. The van der Waals surface area contributed by atoms with Gasteiger partial charge in [0.15, 0.2) is 0 Å². The summed E-state index contributed by atoms with van der Waals surface area (Å²) in [6, 6.07) is 0. The monoisotopic (exact) mass is 350 g/mol. The van der Waals surface area contributed by atoms with Gasteiger partial charge in [-0.05, 0) is 32.1 Å². The van der Waals surface area contributed by atoms with Crippen molar-refractivity contribution in [2.75, 3.05) is 52.5 Å². The summed E-state index contributed by atoms with van der Waals surface area (Å²) < 4.78 is 5.42. The van der Waals surface area contributed by atoms with Crippen LogP contribution in [0.5, 0.6) is 0 Å². The predicted molar refractivity (Wildman–Crippen MR) is 94.3 cm³/mol. The normalized spacial score (nSPS) is 25.3. The fourth-order valence-corrected chi connectivity index (χ4v) is 4.03. The highest BCUT2D eigenvalue weighted by molar-refractivity contribution is 5.79. The number of amides is 1. The molecular weight excluding hydrogens is 320 g/mol. The lowest BCUT2D eigenvalue weighted by Gasteiger charge is -2.40. The number of nitrogens with one attached hydrogen (secondary N) is 1. The Labute approximate surface area is 149 Å². The summed E-state index contributed by atoms with van der Waals surface area (Å²) in [6.45, 7) is 9.95. The summed E-state index contributed by atoms with van der Waals surface area (Å²) in [5.41, 5.74) is 2.86. The SMILES string of the molecule is Cc1n[nH]c(C)c1CC(=O)N1C[C@H](CO)C[C@H](CN2CCOCC2)C1. The average Bonchev–Trinajstić information content (AvgIpc) is 2.94. The van der Waals surface area contributed by atoms with E-state index in [2.05, 4.69) is 15.1 Å². The van der Waals surface area contributed by atoms with Gasteiger partial charge < -0.3 is 14.7 Å². The number of carbonyl (C=O) groups is 1. The molecule has 2 atom stereocenters. The highest BCUT2D eigenvalue weighted by Crippen LogP contribution is 2.24. The lowest BCUT2D eigenvalue weighted by atomic mass is 9.88. The molecule has 2 fully saturated rings. The molecule has 0 bridgehead atoms. The summed E-state index contributed by atoms with van der Waals surface area (Å²) in [5.74, 6) is 0.729. The molecule has 2 aliphatic heterocycles. The smallest absolute Gasteiger partial charge is 0.227 e. The minimum atomic E-state index is 0.137. The topological polar surface area (TPSA) is 81.7 Å². The number of hydrogen-bond donors (Lipinski definition) is 2. The zero-order chi connectivity index (χ0) is 17.8. The number of rotatable bonds is 5. The van der Waals surface area contributed by atoms with Gasteiger partial charge >= 0.3 is 0 Å². The highest BCUT2D eigenvalue weighted by Gasteiger charge is 2.31. The summed E-state index contributed by atoms with van der Waals surface area (Å²) in [6.07, 6.45) is 1.37. The molecule has 0 radical (unpaired) electrons. The second kappa shape index (κ2) is 8.29. The Morgan fingerprint density at radius 2 is 2.00 bits per heavy atom. The van der Waals surface area contributed by atoms with Crippen molar-refractivity contribution >= 4 is 5.91 Å². The predicted octanol–water partition coefficient (Wildman–Crippen LogP) is 0.358. The number of ether oxygens (including phenoxy) is 1. The molecule has 7 heteroatoms. The van der Waals surface area contributed by atoms with Crippen LogP contribution in [0.15, 0.2) is 0 Å². The maximum atomic E-state index is 12.8. The van der Waals surface area contributed by atoms with E-state index in [-0.39, 0.29) is 18.4 Å². The first-order chi connectivity index (χ1) is 12.1. The number of aliphatic hydroxyl groups is 1. The molecule has 0 spiro atoms. The third-order valence-electron chi connectivity index (χ3n) is 5.46. The highest BCUT2D eigenvalue weighted by atomic mass is 16.5. The minimum Gasteiger partial charge on any atom is -0.396 e. The second-order valence-corrected chi connectivity index (χ2v) is 7.45. The van der Waals surface area contributed by atoms with Crippen molar-refractivity contribution < 1.29 is 14.6 Å². The number of likely N-dealkylation sites (tertiary alicyclic amines) is 1. The largest absolute Gasteiger partial charge is 0.396 e. The van der Waals surface area contributed by atoms with Gasteiger partial charge in [-0.15, -0.1) is 0 Å². The van der Waals surface area contributed by atoms with Crippen LogP contribution < -0.4 is 0 Å². The number of hydrogen-bond acceptors (Lipinski definition) is 5. The number of H-pyrrole nitrogens is 1. The molecule has 3 heterocycles. The van der Waals surface area contributed by atoms with Crippen molar-refractivity contribution in [3.05, 3.63) is 17.0 Å². The molecule has 1 aromatic heterocycles.